The van der Waals surface area contributed by atoms with Crippen molar-refractivity contribution in [2.75, 3.05) is 7.11 Å². The van der Waals surface area contributed by atoms with E-state index in [0.29, 0.717) is 23.7 Å². The van der Waals surface area contributed by atoms with Crippen LogP contribution >= 0.6 is 0 Å². The van der Waals surface area contributed by atoms with Gasteiger partial charge >= 0.3 is 0 Å². The summed E-state index contributed by atoms with van der Waals surface area (Å²) in [6, 6.07) is 12.8. The number of rotatable bonds is 4. The Morgan fingerprint density at radius 3 is 2.78 bits per heavy atom. The van der Waals surface area contributed by atoms with Gasteiger partial charge in [-0.2, -0.15) is 5.26 Å². The summed E-state index contributed by atoms with van der Waals surface area (Å²) in [5.74, 6) is 1.15. The Balaban J connectivity index is 2.12. The molecule has 18 heavy (non-hydrogen) atoms. The zero-order valence-electron chi connectivity index (χ0n) is 9.96. The third-order valence-corrected chi connectivity index (χ3v) is 2.39. The summed E-state index contributed by atoms with van der Waals surface area (Å²) in [5.41, 5.74) is 1.38. The van der Waals surface area contributed by atoms with E-state index in [2.05, 4.69) is 11.1 Å². The highest BCUT2D eigenvalue weighted by atomic mass is 16.5. The number of nitrogens with zero attached hydrogens (tertiary/aromatic N) is 2. The fraction of sp³-hybridized carbons (Fsp3) is 0.143. The number of hydrogen-bond donors (Lipinski definition) is 0. The molecule has 0 spiro atoms. The van der Waals surface area contributed by atoms with Gasteiger partial charge in [0, 0.05) is 12.3 Å². The molecule has 0 atom stereocenters. The van der Waals surface area contributed by atoms with Crippen LogP contribution in [0, 0.1) is 11.3 Å². The van der Waals surface area contributed by atoms with Crippen molar-refractivity contribution in [1.82, 2.24) is 4.98 Å². The van der Waals surface area contributed by atoms with Gasteiger partial charge in [-0.1, -0.05) is 6.07 Å². The zero-order chi connectivity index (χ0) is 12.8. The minimum Gasteiger partial charge on any atom is -0.493 e. The minimum atomic E-state index is 0.364. The van der Waals surface area contributed by atoms with Gasteiger partial charge in [-0.05, 0) is 24.3 Å². The zero-order valence-corrected chi connectivity index (χ0v) is 9.96. The molecule has 0 bridgehead atoms. The number of ether oxygens (including phenoxy) is 2. The van der Waals surface area contributed by atoms with Crippen LogP contribution in [-0.4, -0.2) is 12.1 Å². The Morgan fingerprint density at radius 1 is 1.22 bits per heavy atom. The predicted molar refractivity (Wildman–Crippen MR) is 66.3 cm³/mol. The van der Waals surface area contributed by atoms with Gasteiger partial charge in [0.25, 0.3) is 0 Å². The lowest BCUT2D eigenvalue weighted by molar-refractivity contribution is 0.280. The number of aromatic nitrogens is 1. The van der Waals surface area contributed by atoms with Crippen LogP contribution in [0.5, 0.6) is 11.5 Å². The predicted octanol–water partition coefficient (Wildman–Crippen LogP) is 2.54. The molecule has 1 heterocycles. The molecule has 0 N–H and O–H groups in total. The number of methoxy groups -OCH3 is 1. The lowest BCUT2D eigenvalue weighted by Gasteiger charge is -2.10. The van der Waals surface area contributed by atoms with E-state index in [1.165, 1.54) is 0 Å². The SMILES string of the molecule is COc1cc(C#N)ccc1OCc1ccccn1. The number of hydrogen-bond acceptors (Lipinski definition) is 4. The lowest BCUT2D eigenvalue weighted by atomic mass is 10.2. The van der Waals surface area contributed by atoms with E-state index in [1.54, 1.807) is 31.5 Å². The molecule has 0 radical (unpaired) electrons. The van der Waals surface area contributed by atoms with Crippen LogP contribution in [0.3, 0.4) is 0 Å². The van der Waals surface area contributed by atoms with Gasteiger partial charge in [0.1, 0.15) is 6.61 Å². The molecule has 1 aromatic heterocycles. The van der Waals surface area contributed by atoms with E-state index in [9.17, 15) is 0 Å². The van der Waals surface area contributed by atoms with E-state index in [4.69, 9.17) is 14.7 Å². The van der Waals surface area contributed by atoms with Gasteiger partial charge in [0.15, 0.2) is 11.5 Å². The van der Waals surface area contributed by atoms with Crippen LogP contribution in [0.15, 0.2) is 42.6 Å². The molecule has 0 amide bonds. The van der Waals surface area contributed by atoms with Crippen molar-refractivity contribution in [2.45, 2.75) is 6.61 Å². The molecule has 1 aromatic carbocycles. The molecule has 4 nitrogen and oxygen atoms in total. The summed E-state index contributed by atoms with van der Waals surface area (Å²) in [4.78, 5) is 4.16. The molecule has 0 saturated heterocycles. The molecule has 0 aliphatic heterocycles. The Kier molecular flexibility index (Phi) is 3.77. The summed E-state index contributed by atoms with van der Waals surface area (Å²) in [5, 5.41) is 8.80. The molecule has 0 aliphatic carbocycles. The molecule has 0 unspecified atom stereocenters. The van der Waals surface area contributed by atoms with E-state index >= 15 is 0 Å². The first-order valence-corrected chi connectivity index (χ1v) is 5.44. The summed E-state index contributed by atoms with van der Waals surface area (Å²) < 4.78 is 10.8. The number of benzene rings is 1. The highest BCUT2D eigenvalue weighted by Crippen LogP contribution is 2.28. The maximum absolute atomic E-state index is 8.80. The molecule has 0 aliphatic rings. The highest BCUT2D eigenvalue weighted by Gasteiger charge is 2.06. The van der Waals surface area contributed by atoms with Gasteiger partial charge < -0.3 is 9.47 Å². The molecule has 2 rings (SSSR count). The third-order valence-electron chi connectivity index (χ3n) is 2.39. The monoisotopic (exact) mass is 240 g/mol. The van der Waals surface area contributed by atoms with Gasteiger partial charge in [-0.3, -0.25) is 4.98 Å². The molecule has 0 saturated carbocycles. The van der Waals surface area contributed by atoms with Crippen molar-refractivity contribution in [2.24, 2.45) is 0 Å². The van der Waals surface area contributed by atoms with Crippen molar-refractivity contribution in [3.8, 4) is 17.6 Å². The minimum absolute atomic E-state index is 0.364. The Morgan fingerprint density at radius 2 is 2.11 bits per heavy atom. The van der Waals surface area contributed by atoms with Crippen molar-refractivity contribution < 1.29 is 9.47 Å². The Labute approximate surface area is 105 Å². The summed E-state index contributed by atoms with van der Waals surface area (Å²) in [7, 11) is 1.55. The first-order valence-electron chi connectivity index (χ1n) is 5.44. The summed E-state index contributed by atoms with van der Waals surface area (Å²) in [6.45, 7) is 0.364. The fourth-order valence-corrected chi connectivity index (χ4v) is 1.49. The third kappa shape index (κ3) is 2.77. The van der Waals surface area contributed by atoms with E-state index < -0.39 is 0 Å². The second-order valence-electron chi connectivity index (χ2n) is 3.59. The smallest absolute Gasteiger partial charge is 0.162 e. The second kappa shape index (κ2) is 5.69. The maximum atomic E-state index is 8.80. The molecule has 4 heteroatoms. The lowest BCUT2D eigenvalue weighted by Crippen LogP contribution is -1.99. The van der Waals surface area contributed by atoms with Gasteiger partial charge in [-0.25, -0.2) is 0 Å². The largest absolute Gasteiger partial charge is 0.493 e. The average Bonchev–Trinajstić information content (AvgIpc) is 2.46. The van der Waals surface area contributed by atoms with E-state index in [1.807, 2.05) is 18.2 Å². The maximum Gasteiger partial charge on any atom is 0.162 e. The Hall–Kier alpha value is -2.54. The van der Waals surface area contributed by atoms with Crippen LogP contribution in [-0.2, 0) is 6.61 Å². The van der Waals surface area contributed by atoms with Crippen LogP contribution in [0.4, 0.5) is 0 Å². The second-order valence-corrected chi connectivity index (χ2v) is 3.59. The van der Waals surface area contributed by atoms with Crippen LogP contribution in [0.25, 0.3) is 0 Å². The summed E-state index contributed by atoms with van der Waals surface area (Å²) >= 11 is 0. The summed E-state index contributed by atoms with van der Waals surface area (Å²) in [6.07, 6.45) is 1.72. The van der Waals surface area contributed by atoms with Gasteiger partial charge in [0.05, 0.1) is 24.4 Å². The van der Waals surface area contributed by atoms with E-state index in [-0.39, 0.29) is 0 Å². The van der Waals surface area contributed by atoms with E-state index in [0.717, 1.165) is 5.69 Å². The van der Waals surface area contributed by atoms with Gasteiger partial charge in [-0.15, -0.1) is 0 Å². The van der Waals surface area contributed by atoms with Crippen molar-refractivity contribution in [3.63, 3.8) is 0 Å². The van der Waals surface area contributed by atoms with Crippen molar-refractivity contribution in [1.29, 1.82) is 5.26 Å². The quantitative estimate of drug-likeness (QED) is 0.824. The fourth-order valence-electron chi connectivity index (χ4n) is 1.49. The molecular weight excluding hydrogens is 228 g/mol. The van der Waals surface area contributed by atoms with Crippen molar-refractivity contribution in [3.05, 3.63) is 53.9 Å². The molecule has 0 fully saturated rings. The highest BCUT2D eigenvalue weighted by molar-refractivity contribution is 5.46. The molecular formula is C14H12N2O2. The standard InChI is InChI=1S/C14H12N2O2/c1-17-14-8-11(9-15)5-6-13(14)18-10-12-4-2-3-7-16-12/h2-8H,10H2,1H3. The Bertz CT molecular complexity index is 562. The number of nitriles is 1. The molecule has 2 aromatic rings. The van der Waals surface area contributed by atoms with Crippen molar-refractivity contribution >= 4 is 0 Å². The molecule has 90 valence electrons. The van der Waals surface area contributed by atoms with Crippen LogP contribution in [0.2, 0.25) is 0 Å². The first-order chi connectivity index (χ1) is 8.83. The van der Waals surface area contributed by atoms with Crippen LogP contribution < -0.4 is 9.47 Å². The number of pyridine rings is 1. The normalized spacial score (nSPS) is 9.56. The topological polar surface area (TPSA) is 55.1 Å². The van der Waals surface area contributed by atoms with Gasteiger partial charge in [0.2, 0.25) is 0 Å². The first kappa shape index (κ1) is 11.9. The van der Waals surface area contributed by atoms with Crippen LogP contribution in [0.1, 0.15) is 11.3 Å². The average molecular weight is 240 g/mol.